The highest BCUT2D eigenvalue weighted by Crippen LogP contribution is 2.25. The summed E-state index contributed by atoms with van der Waals surface area (Å²) in [7, 11) is 2.00. The van der Waals surface area contributed by atoms with E-state index in [1.807, 2.05) is 54.6 Å². The van der Waals surface area contributed by atoms with Crippen LogP contribution in [0.15, 0.2) is 121 Å². The van der Waals surface area contributed by atoms with Crippen LogP contribution in [0.25, 0.3) is 21.7 Å². The number of hydrogen-bond donors (Lipinski definition) is 13. The van der Waals surface area contributed by atoms with Gasteiger partial charge in [-0.3, -0.25) is 38.4 Å². The zero-order valence-electron chi connectivity index (χ0n) is 44.9. The minimum atomic E-state index is -1.72. The molecule has 2 heterocycles. The number of aromatic nitrogens is 1. The summed E-state index contributed by atoms with van der Waals surface area (Å²) in [5.74, 6) is -7.41. The van der Waals surface area contributed by atoms with Crippen molar-refractivity contribution in [2.75, 3.05) is 18.1 Å². The predicted molar refractivity (Wildman–Crippen MR) is 317 cm³/mol. The fourth-order valence-electron chi connectivity index (χ4n) is 9.25. The smallest absolute Gasteiger partial charge is 0.245 e. The number of para-hydroxylation sites is 1. The van der Waals surface area contributed by atoms with E-state index in [1.54, 1.807) is 54.7 Å². The molecule has 0 spiro atoms. The number of rotatable bonds is 18. The Labute approximate surface area is 486 Å². The van der Waals surface area contributed by atoms with Crippen molar-refractivity contribution >= 4 is 102 Å². The van der Waals surface area contributed by atoms with Crippen molar-refractivity contribution in [1.82, 2.24) is 42.2 Å². The molecule has 1 aliphatic heterocycles. The molecular formula is C58H68ClN11O10S2. The second-order valence-corrected chi connectivity index (χ2v) is 23.1. The van der Waals surface area contributed by atoms with Crippen molar-refractivity contribution < 1.29 is 48.6 Å². The van der Waals surface area contributed by atoms with Gasteiger partial charge in [0.2, 0.25) is 47.3 Å². The first-order chi connectivity index (χ1) is 39.3. The molecule has 16 N–H and O–H groups in total. The molecule has 6 aromatic rings. The van der Waals surface area contributed by atoms with E-state index >= 15 is 0 Å². The Balaban J connectivity index is 1.25. The molecule has 1 fully saturated rings. The van der Waals surface area contributed by atoms with Crippen LogP contribution >= 0.6 is 33.2 Å². The van der Waals surface area contributed by atoms with Gasteiger partial charge in [0, 0.05) is 52.9 Å². The minimum absolute atomic E-state index is 0.00270. The van der Waals surface area contributed by atoms with Crippen LogP contribution in [0, 0.1) is 0 Å². The number of phenols is 1. The van der Waals surface area contributed by atoms with Crippen molar-refractivity contribution in [3.63, 3.8) is 0 Å². The first-order valence-electron chi connectivity index (χ1n) is 26.7. The number of nitrogens with one attached hydrogen (secondary N) is 8. The number of unbranched alkanes of at least 4 members (excludes halogenated alkanes) is 1. The van der Waals surface area contributed by atoms with Gasteiger partial charge in [0.1, 0.15) is 48.0 Å². The number of aliphatic hydroxyl groups excluding tert-OH is 1. The zero-order chi connectivity index (χ0) is 58.9. The van der Waals surface area contributed by atoms with E-state index in [4.69, 9.17) is 28.8 Å². The van der Waals surface area contributed by atoms with Gasteiger partial charge in [0.25, 0.3) is 0 Å². The van der Waals surface area contributed by atoms with Gasteiger partial charge < -0.3 is 69.6 Å². The molecule has 0 saturated carbocycles. The monoisotopic (exact) mass is 1180 g/mol. The standard InChI is InChI=1S/C58H68ClN11O10S2/c1-32(71)50-58(80)69-49(56(78)65-45(51(62)73)27-35-13-18-36-8-2-3-9-37(36)24-35)31-82-81-30-48(68-52(74)42(61)25-33-14-19-39(59)20-15-33)57(79)66-46(26-34-16-21-40(72)22-17-34)54(76)67-47(28-38-29-63-43-11-5-4-10-41(38)43)55(77)64-44(53(75)70-50)12-6-7-23-60/h2-5,8-11,13-22,24,29,32,42,44-50,63,71-72H,6-7,12,23,25-28,30-31,60-61H2,1H3,(H2,62,73)(H,64,77)(H,65,78)(H,66,79)(H,67,76)(H,68,74)(H,69,80)(H,70,75)/t32-,42+,44+,45+,46+,47?,48?,49?,50+/m1/s1. The average molecular weight is 1180 g/mol. The molecule has 21 nitrogen and oxygen atoms in total. The van der Waals surface area contributed by atoms with Crippen LogP contribution in [0.3, 0.4) is 0 Å². The number of amides is 8. The number of phenolic OH excluding ortho intramolecular Hbond substituents is 1. The fourth-order valence-corrected chi connectivity index (χ4v) is 11.7. The molecule has 0 aliphatic carbocycles. The quantitative estimate of drug-likeness (QED) is 0.0433. The molecular weight excluding hydrogens is 1110 g/mol. The summed E-state index contributed by atoms with van der Waals surface area (Å²) in [5.41, 5.74) is 21.3. The molecule has 5 aromatic carbocycles. The molecule has 24 heteroatoms. The number of nitrogens with two attached hydrogens (primary N) is 3. The number of hydrogen-bond acceptors (Lipinski definition) is 14. The van der Waals surface area contributed by atoms with Gasteiger partial charge in [0.05, 0.1) is 12.1 Å². The van der Waals surface area contributed by atoms with E-state index in [0.29, 0.717) is 40.1 Å². The molecule has 3 unspecified atom stereocenters. The number of aromatic amines is 1. The second kappa shape index (κ2) is 29.9. The molecule has 1 aromatic heterocycles. The van der Waals surface area contributed by atoms with Crippen LogP contribution < -0.4 is 54.4 Å². The number of primary amides is 1. The normalized spacial score (nSPS) is 20.9. The van der Waals surface area contributed by atoms with Crippen LogP contribution in [0.5, 0.6) is 5.75 Å². The number of halogens is 1. The molecule has 1 saturated heterocycles. The van der Waals surface area contributed by atoms with Crippen LogP contribution in [0.2, 0.25) is 5.02 Å². The minimum Gasteiger partial charge on any atom is -0.508 e. The van der Waals surface area contributed by atoms with Crippen LogP contribution in [-0.4, -0.2) is 135 Å². The molecule has 8 amide bonds. The lowest BCUT2D eigenvalue weighted by Crippen LogP contribution is -2.62. The van der Waals surface area contributed by atoms with Gasteiger partial charge in [-0.15, -0.1) is 0 Å². The highest BCUT2D eigenvalue weighted by Gasteiger charge is 2.37. The number of carbonyl (C=O) groups is 8. The Bertz CT molecular complexity index is 3220. The molecule has 9 atom stereocenters. The van der Waals surface area contributed by atoms with Crippen molar-refractivity contribution in [3.8, 4) is 5.75 Å². The Kier molecular flexibility index (Phi) is 22.6. The molecule has 7 rings (SSSR count). The van der Waals surface area contributed by atoms with Crippen molar-refractivity contribution in [2.45, 2.75) is 106 Å². The maximum atomic E-state index is 14.9. The molecule has 0 bridgehead atoms. The maximum Gasteiger partial charge on any atom is 0.245 e. The summed E-state index contributed by atoms with van der Waals surface area (Å²) in [6.45, 7) is 1.49. The van der Waals surface area contributed by atoms with Gasteiger partial charge in [-0.1, -0.05) is 118 Å². The molecule has 1 aliphatic rings. The van der Waals surface area contributed by atoms with Gasteiger partial charge in [0.15, 0.2) is 0 Å². The lowest BCUT2D eigenvalue weighted by Gasteiger charge is -2.29. The Morgan fingerprint density at radius 2 is 1.32 bits per heavy atom. The van der Waals surface area contributed by atoms with Crippen LogP contribution in [0.4, 0.5) is 0 Å². The van der Waals surface area contributed by atoms with E-state index in [9.17, 15) is 48.6 Å². The predicted octanol–water partition coefficient (Wildman–Crippen LogP) is 2.06. The van der Waals surface area contributed by atoms with Crippen molar-refractivity contribution in [3.05, 3.63) is 149 Å². The fraction of sp³-hybridized carbons (Fsp3) is 0.345. The number of benzene rings is 5. The van der Waals surface area contributed by atoms with Crippen LogP contribution in [-0.2, 0) is 64.0 Å². The van der Waals surface area contributed by atoms with Crippen molar-refractivity contribution in [1.29, 1.82) is 0 Å². The van der Waals surface area contributed by atoms with E-state index < -0.39 is 102 Å². The van der Waals surface area contributed by atoms with Gasteiger partial charge in [-0.2, -0.15) is 0 Å². The Morgan fingerprint density at radius 1 is 0.695 bits per heavy atom. The summed E-state index contributed by atoms with van der Waals surface area (Å²) in [4.78, 5) is 118. The van der Waals surface area contributed by atoms with Gasteiger partial charge in [-0.05, 0) is 103 Å². The van der Waals surface area contributed by atoms with Crippen molar-refractivity contribution in [2.24, 2.45) is 17.2 Å². The van der Waals surface area contributed by atoms with E-state index in [0.717, 1.165) is 43.3 Å². The van der Waals surface area contributed by atoms with E-state index in [2.05, 4.69) is 42.2 Å². The third-order valence-corrected chi connectivity index (χ3v) is 16.5. The number of aromatic hydroxyl groups is 1. The largest absolute Gasteiger partial charge is 0.508 e. The highest BCUT2D eigenvalue weighted by molar-refractivity contribution is 8.76. The van der Waals surface area contributed by atoms with Crippen LogP contribution in [0.1, 0.15) is 48.4 Å². The first-order valence-corrected chi connectivity index (χ1v) is 29.6. The molecule has 0 radical (unpaired) electrons. The lowest BCUT2D eigenvalue weighted by molar-refractivity contribution is -0.136. The van der Waals surface area contributed by atoms with Gasteiger partial charge >= 0.3 is 0 Å². The lowest BCUT2D eigenvalue weighted by atomic mass is 10.0. The second-order valence-electron chi connectivity index (χ2n) is 20.1. The summed E-state index contributed by atoms with van der Waals surface area (Å²) >= 11 is 6.10. The van der Waals surface area contributed by atoms with E-state index in [-0.39, 0.29) is 55.9 Å². The Hall–Kier alpha value is -7.67. The Morgan fingerprint density at radius 3 is 2.02 bits per heavy atom. The topological polar surface area (TPSA) is 355 Å². The molecule has 82 heavy (non-hydrogen) atoms. The number of H-pyrrole nitrogens is 1. The number of carbonyl (C=O) groups excluding carboxylic acids is 8. The van der Waals surface area contributed by atoms with E-state index in [1.165, 1.54) is 19.1 Å². The summed E-state index contributed by atoms with van der Waals surface area (Å²) in [6, 6.07) is 21.6. The highest BCUT2D eigenvalue weighted by atomic mass is 35.5. The summed E-state index contributed by atoms with van der Waals surface area (Å²) in [6.07, 6.45) is 0.584. The SMILES string of the molecule is C[C@@H](O)[C@@H]1NC(=O)[C@H](CCCCN)NC(=O)C(Cc2c[nH]c3ccccc23)NC(=O)[C@H](Cc2ccc(O)cc2)NC(=O)C(NC(=O)[C@@H](N)Cc2ccc(Cl)cc2)CSSCC(C(=O)N[C@@H](Cc2ccc3ccccc3c2)C(N)=O)NC1=O. The summed E-state index contributed by atoms with van der Waals surface area (Å²) < 4.78 is 0. The number of aliphatic hydroxyl groups is 1. The number of fused-ring (bicyclic) bond motifs is 2. The van der Waals surface area contributed by atoms with Gasteiger partial charge in [-0.25, -0.2) is 0 Å². The third kappa shape index (κ3) is 17.7. The zero-order valence-corrected chi connectivity index (χ0v) is 47.3. The maximum absolute atomic E-state index is 14.9. The first kappa shape index (κ1) is 61.9. The summed E-state index contributed by atoms with van der Waals surface area (Å²) in [5, 5.41) is 43.2. The molecule has 434 valence electrons. The average Bonchev–Trinajstić information content (AvgIpc) is 3.93. The third-order valence-electron chi connectivity index (χ3n) is 13.8.